The van der Waals surface area contributed by atoms with E-state index in [1.54, 1.807) is 19.1 Å². The van der Waals surface area contributed by atoms with Gasteiger partial charge in [-0.1, -0.05) is 48.0 Å². The van der Waals surface area contributed by atoms with Crippen molar-refractivity contribution in [2.45, 2.75) is 26.7 Å². The molecule has 6 heteroatoms. The van der Waals surface area contributed by atoms with Crippen LogP contribution >= 0.6 is 0 Å². The van der Waals surface area contributed by atoms with Crippen molar-refractivity contribution in [3.05, 3.63) is 59.3 Å². The normalized spacial score (nSPS) is 10.5. The number of nitrogens with zero attached hydrogens (tertiary/aromatic N) is 2. The summed E-state index contributed by atoms with van der Waals surface area (Å²) in [6.45, 7) is 3.89. The Morgan fingerprint density at radius 3 is 2.52 bits per heavy atom. The summed E-state index contributed by atoms with van der Waals surface area (Å²) in [7, 11) is 0. The zero-order valence-electron chi connectivity index (χ0n) is 16.2. The lowest BCUT2D eigenvalue weighted by Gasteiger charge is -2.12. The highest BCUT2D eigenvalue weighted by atomic mass is 16.5. The van der Waals surface area contributed by atoms with E-state index in [9.17, 15) is 20.0 Å². The first kappa shape index (κ1) is 20.0. The molecule has 0 radical (unpaired) electrons. The first-order valence-corrected chi connectivity index (χ1v) is 9.28. The van der Waals surface area contributed by atoms with Gasteiger partial charge in [0, 0.05) is 17.4 Å². The van der Waals surface area contributed by atoms with Crippen molar-refractivity contribution in [3.8, 4) is 22.9 Å². The number of ether oxygens (including phenoxy) is 1. The zero-order chi connectivity index (χ0) is 21.0. The van der Waals surface area contributed by atoms with Crippen molar-refractivity contribution in [1.29, 1.82) is 5.26 Å². The van der Waals surface area contributed by atoms with Gasteiger partial charge in [0.05, 0.1) is 18.5 Å². The number of nitriles is 1. The van der Waals surface area contributed by atoms with Gasteiger partial charge in [0.25, 0.3) is 0 Å². The molecule has 146 valence electrons. The van der Waals surface area contributed by atoms with Gasteiger partial charge in [-0.15, -0.1) is 0 Å². The fourth-order valence-corrected chi connectivity index (χ4v) is 3.12. The lowest BCUT2D eigenvalue weighted by atomic mass is 9.97. The third kappa shape index (κ3) is 4.09. The second kappa shape index (κ2) is 8.53. The van der Waals surface area contributed by atoms with Crippen LogP contribution in [0.1, 0.15) is 41.4 Å². The third-order valence-electron chi connectivity index (χ3n) is 4.59. The van der Waals surface area contributed by atoms with E-state index in [1.807, 2.05) is 43.3 Å². The molecule has 3 aromatic rings. The highest BCUT2D eigenvalue weighted by molar-refractivity contribution is 6.05. The van der Waals surface area contributed by atoms with Crippen molar-refractivity contribution in [2.24, 2.45) is 0 Å². The Balaban J connectivity index is 2.12. The Morgan fingerprint density at radius 1 is 1.14 bits per heavy atom. The van der Waals surface area contributed by atoms with E-state index in [-0.39, 0.29) is 30.7 Å². The minimum Gasteiger partial charge on any atom is -0.504 e. The van der Waals surface area contributed by atoms with Crippen molar-refractivity contribution >= 4 is 22.7 Å². The number of rotatable bonds is 6. The molecule has 0 saturated carbocycles. The first-order valence-electron chi connectivity index (χ1n) is 9.28. The smallest absolute Gasteiger partial charge is 0.306 e. The van der Waals surface area contributed by atoms with E-state index in [4.69, 9.17) is 4.74 Å². The van der Waals surface area contributed by atoms with Gasteiger partial charge in [0.1, 0.15) is 17.3 Å². The van der Waals surface area contributed by atoms with E-state index < -0.39 is 17.5 Å². The number of pyridine rings is 1. The molecule has 0 bridgehead atoms. The third-order valence-corrected chi connectivity index (χ3v) is 4.59. The molecule has 1 N–H and O–H groups in total. The SMILES string of the molecule is CCOC(=O)CCC(=O)c1nc2c(-c3ccc(C)cc3)cccc2c(C#N)c1O. The predicted molar refractivity (Wildman–Crippen MR) is 108 cm³/mol. The molecule has 0 unspecified atom stereocenters. The molecule has 0 aliphatic rings. The number of carbonyl (C=O) groups is 2. The summed E-state index contributed by atoms with van der Waals surface area (Å²) in [4.78, 5) is 28.6. The number of aromatic nitrogens is 1. The van der Waals surface area contributed by atoms with Crippen LogP contribution in [0.2, 0.25) is 0 Å². The van der Waals surface area contributed by atoms with Gasteiger partial charge in [-0.05, 0) is 19.4 Å². The molecule has 3 rings (SSSR count). The minimum absolute atomic E-state index is 0.0107. The number of benzene rings is 2. The number of hydrogen-bond acceptors (Lipinski definition) is 6. The van der Waals surface area contributed by atoms with Crippen molar-refractivity contribution in [2.75, 3.05) is 6.61 Å². The maximum Gasteiger partial charge on any atom is 0.306 e. The molecule has 0 atom stereocenters. The van der Waals surface area contributed by atoms with Crippen molar-refractivity contribution < 1.29 is 19.4 Å². The van der Waals surface area contributed by atoms with Crippen molar-refractivity contribution in [3.63, 3.8) is 0 Å². The summed E-state index contributed by atoms with van der Waals surface area (Å²) in [5.74, 6) is -1.48. The Morgan fingerprint density at radius 2 is 1.86 bits per heavy atom. The van der Waals surface area contributed by atoms with Crippen LogP contribution in [0, 0.1) is 18.3 Å². The molecule has 0 amide bonds. The van der Waals surface area contributed by atoms with Crippen LogP contribution in [0.5, 0.6) is 5.75 Å². The molecule has 2 aromatic carbocycles. The fraction of sp³-hybridized carbons (Fsp3) is 0.217. The number of aryl methyl sites for hydroxylation is 1. The van der Waals surface area contributed by atoms with E-state index in [2.05, 4.69) is 4.98 Å². The van der Waals surface area contributed by atoms with Crippen LogP contribution < -0.4 is 0 Å². The molecule has 6 nitrogen and oxygen atoms in total. The minimum atomic E-state index is -0.521. The lowest BCUT2D eigenvalue weighted by Crippen LogP contribution is -2.10. The average molecular weight is 388 g/mol. The highest BCUT2D eigenvalue weighted by Crippen LogP contribution is 2.34. The van der Waals surface area contributed by atoms with Gasteiger partial charge in [0.2, 0.25) is 0 Å². The summed E-state index contributed by atoms with van der Waals surface area (Å²) in [5, 5.41) is 20.6. The van der Waals surface area contributed by atoms with E-state index in [1.165, 1.54) is 0 Å². The summed E-state index contributed by atoms with van der Waals surface area (Å²) < 4.78 is 4.83. The summed E-state index contributed by atoms with van der Waals surface area (Å²) in [6, 6.07) is 15.1. The average Bonchev–Trinajstić information content (AvgIpc) is 2.72. The number of para-hydroxylation sites is 1. The number of carbonyl (C=O) groups excluding carboxylic acids is 2. The largest absolute Gasteiger partial charge is 0.504 e. The molecule has 0 aliphatic heterocycles. The van der Waals surface area contributed by atoms with E-state index in [0.29, 0.717) is 10.9 Å². The summed E-state index contributed by atoms with van der Waals surface area (Å²) >= 11 is 0. The number of fused-ring (bicyclic) bond motifs is 1. The van der Waals surface area contributed by atoms with Gasteiger partial charge < -0.3 is 9.84 Å². The number of Topliss-reactive ketones (excluding diaryl/α,β-unsaturated/α-hetero) is 1. The van der Waals surface area contributed by atoms with E-state index >= 15 is 0 Å². The van der Waals surface area contributed by atoms with Crippen LogP contribution in [0.15, 0.2) is 42.5 Å². The summed E-state index contributed by atoms with van der Waals surface area (Å²) in [5.41, 5.74) is 2.96. The molecule has 1 aromatic heterocycles. The zero-order valence-corrected chi connectivity index (χ0v) is 16.2. The van der Waals surface area contributed by atoms with Crippen LogP contribution in [0.25, 0.3) is 22.0 Å². The Bertz CT molecular complexity index is 1130. The Hall–Kier alpha value is -3.72. The highest BCUT2D eigenvalue weighted by Gasteiger charge is 2.22. The fourth-order valence-electron chi connectivity index (χ4n) is 3.12. The molecule has 0 aliphatic carbocycles. The second-order valence-electron chi connectivity index (χ2n) is 6.59. The molecular weight excluding hydrogens is 368 g/mol. The topological polar surface area (TPSA) is 100 Å². The summed E-state index contributed by atoms with van der Waals surface area (Å²) in [6.07, 6.45) is -0.282. The van der Waals surface area contributed by atoms with Gasteiger partial charge in [-0.3, -0.25) is 9.59 Å². The quantitative estimate of drug-likeness (QED) is 0.499. The Kier molecular flexibility index (Phi) is 5.89. The predicted octanol–water partition coefficient (Wildman–Crippen LogP) is 4.31. The van der Waals surface area contributed by atoms with Crippen LogP contribution in [0.3, 0.4) is 0 Å². The number of esters is 1. The lowest BCUT2D eigenvalue weighted by molar-refractivity contribution is -0.143. The number of hydrogen-bond donors (Lipinski definition) is 1. The molecule has 0 spiro atoms. The maximum absolute atomic E-state index is 12.6. The molecule has 29 heavy (non-hydrogen) atoms. The number of ketones is 1. The van der Waals surface area contributed by atoms with Crippen LogP contribution in [-0.4, -0.2) is 28.4 Å². The Labute approximate surface area is 168 Å². The van der Waals surface area contributed by atoms with Gasteiger partial charge in [0.15, 0.2) is 11.5 Å². The maximum atomic E-state index is 12.6. The van der Waals surface area contributed by atoms with Crippen LogP contribution in [-0.2, 0) is 9.53 Å². The molecule has 0 saturated heterocycles. The monoisotopic (exact) mass is 388 g/mol. The van der Waals surface area contributed by atoms with Crippen molar-refractivity contribution in [1.82, 2.24) is 4.98 Å². The van der Waals surface area contributed by atoms with Gasteiger partial charge in [-0.25, -0.2) is 4.98 Å². The standard InChI is InChI=1S/C23H20N2O4/c1-3-29-20(27)12-11-19(26)22-23(28)18(13-24)17-6-4-5-16(21(17)25-22)15-9-7-14(2)8-10-15/h4-10,28H,3,11-12H2,1-2H3. The van der Waals surface area contributed by atoms with E-state index in [0.717, 1.165) is 16.7 Å². The molecule has 1 heterocycles. The van der Waals surface area contributed by atoms with Gasteiger partial charge in [-0.2, -0.15) is 5.26 Å². The number of aromatic hydroxyl groups is 1. The molecular formula is C23H20N2O4. The molecule has 0 fully saturated rings. The first-order chi connectivity index (χ1) is 14.0. The second-order valence-corrected chi connectivity index (χ2v) is 6.59. The van der Waals surface area contributed by atoms with Gasteiger partial charge >= 0.3 is 5.97 Å². The van der Waals surface area contributed by atoms with Crippen LogP contribution in [0.4, 0.5) is 0 Å².